The van der Waals surface area contributed by atoms with E-state index >= 15 is 0 Å². The Hall–Kier alpha value is -2.93. The zero-order chi connectivity index (χ0) is 20.5. The molecular weight excluding hydrogens is 388 g/mol. The van der Waals surface area contributed by atoms with Gasteiger partial charge >= 0.3 is 0 Å². The fourth-order valence-corrected chi connectivity index (χ4v) is 3.58. The Bertz CT molecular complexity index is 1210. The lowest BCUT2D eigenvalue weighted by atomic mass is 10.2. The second-order valence-electron chi connectivity index (χ2n) is 7.48. The minimum absolute atomic E-state index is 0.162. The maximum absolute atomic E-state index is 6.11. The van der Waals surface area contributed by atoms with Crippen LogP contribution in [0.5, 0.6) is 0 Å². The number of halogens is 1. The highest BCUT2D eigenvalue weighted by Crippen LogP contribution is 2.27. The average molecular weight is 411 g/mol. The number of benzene rings is 1. The van der Waals surface area contributed by atoms with E-state index in [1.54, 1.807) is 23.1 Å². The van der Waals surface area contributed by atoms with Crippen LogP contribution in [0.1, 0.15) is 36.5 Å². The van der Waals surface area contributed by atoms with Gasteiger partial charge in [0.15, 0.2) is 18.1 Å². The lowest BCUT2D eigenvalue weighted by molar-refractivity contribution is 0.126. The van der Waals surface area contributed by atoms with Crippen molar-refractivity contribution >= 4 is 34.5 Å². The topological polar surface area (TPSA) is 69.6 Å². The van der Waals surface area contributed by atoms with Crippen LogP contribution in [-0.4, -0.2) is 30.4 Å². The van der Waals surface area contributed by atoms with Gasteiger partial charge in [-0.2, -0.15) is 0 Å². The summed E-state index contributed by atoms with van der Waals surface area (Å²) in [5.74, 6) is 1.07. The molecule has 0 spiro atoms. The molecule has 0 saturated heterocycles. The molecule has 1 aromatic carbocycles. The summed E-state index contributed by atoms with van der Waals surface area (Å²) in [6.45, 7) is 9.72. The Kier molecular flexibility index (Phi) is 5.24. The summed E-state index contributed by atoms with van der Waals surface area (Å²) >= 11 is 6.11. The van der Waals surface area contributed by atoms with Gasteiger partial charge in [-0.15, -0.1) is 5.10 Å². The Balaban J connectivity index is 1.61. The van der Waals surface area contributed by atoms with Gasteiger partial charge in [0, 0.05) is 22.8 Å². The Morgan fingerprint density at radius 2 is 2.00 bits per heavy atom. The van der Waals surface area contributed by atoms with Crippen LogP contribution in [0.2, 0.25) is 5.02 Å². The normalized spacial score (nSPS) is 12.1. The first-order valence-corrected chi connectivity index (χ1v) is 9.93. The monoisotopic (exact) mass is 410 g/mol. The summed E-state index contributed by atoms with van der Waals surface area (Å²) in [7, 11) is 0. The first kappa shape index (κ1) is 19.4. The van der Waals surface area contributed by atoms with Crippen LogP contribution in [-0.2, 0) is 18.0 Å². The third-order valence-electron chi connectivity index (χ3n) is 4.90. The van der Waals surface area contributed by atoms with Gasteiger partial charge in [0.05, 0.1) is 11.6 Å². The second-order valence-corrected chi connectivity index (χ2v) is 7.89. The molecule has 0 fully saturated rings. The molecule has 7 nitrogen and oxygen atoms in total. The van der Waals surface area contributed by atoms with E-state index in [1.165, 1.54) is 11.3 Å². The van der Waals surface area contributed by atoms with E-state index in [1.807, 2.05) is 18.2 Å². The van der Waals surface area contributed by atoms with Crippen LogP contribution < -0.4 is 0 Å². The standard InChI is InChI=1S/C21H23ClN6O/c1-13(2)10-27-15(4)14(3)19-20(27)23-12-28-21(19)25-18(26-28)11-29-24-9-16-7-5-6-8-17(16)22/h5-9,12-13H,10-11H2,1-4H3. The van der Waals surface area contributed by atoms with Gasteiger partial charge in [0.2, 0.25) is 0 Å². The van der Waals surface area contributed by atoms with Crippen molar-refractivity contribution in [2.45, 2.75) is 40.8 Å². The summed E-state index contributed by atoms with van der Waals surface area (Å²) in [5, 5.41) is 10.1. The number of aromatic nitrogens is 5. The smallest absolute Gasteiger partial charge is 0.192 e. The van der Waals surface area contributed by atoms with Crippen LogP contribution in [0.4, 0.5) is 0 Å². The van der Waals surface area contributed by atoms with Gasteiger partial charge in [-0.05, 0) is 31.4 Å². The third-order valence-corrected chi connectivity index (χ3v) is 5.25. The average Bonchev–Trinajstić information content (AvgIpc) is 3.20. The molecule has 0 aliphatic carbocycles. The predicted octanol–water partition coefficient (Wildman–Crippen LogP) is 4.56. The summed E-state index contributed by atoms with van der Waals surface area (Å²) in [4.78, 5) is 14.7. The molecule has 3 heterocycles. The van der Waals surface area contributed by atoms with Gasteiger partial charge in [0.1, 0.15) is 12.0 Å². The Morgan fingerprint density at radius 3 is 2.76 bits per heavy atom. The Labute approximate surface area is 174 Å². The number of hydrogen-bond acceptors (Lipinski definition) is 5. The van der Waals surface area contributed by atoms with Crippen molar-refractivity contribution in [3.63, 3.8) is 0 Å². The van der Waals surface area contributed by atoms with Crippen molar-refractivity contribution in [2.24, 2.45) is 11.1 Å². The summed E-state index contributed by atoms with van der Waals surface area (Å²) in [6, 6.07) is 7.44. The zero-order valence-electron chi connectivity index (χ0n) is 16.9. The molecule has 4 rings (SSSR count). The Morgan fingerprint density at radius 1 is 1.21 bits per heavy atom. The zero-order valence-corrected chi connectivity index (χ0v) is 17.7. The lowest BCUT2D eigenvalue weighted by Gasteiger charge is -2.10. The largest absolute Gasteiger partial charge is 0.387 e. The number of rotatable bonds is 6. The summed E-state index contributed by atoms with van der Waals surface area (Å²) in [5.41, 5.74) is 4.90. The molecule has 8 heteroatoms. The quantitative estimate of drug-likeness (QED) is 0.345. The molecule has 4 aromatic rings. The minimum atomic E-state index is 0.162. The molecule has 0 radical (unpaired) electrons. The van der Waals surface area contributed by atoms with E-state index < -0.39 is 0 Å². The van der Waals surface area contributed by atoms with Crippen molar-refractivity contribution in [1.29, 1.82) is 0 Å². The van der Waals surface area contributed by atoms with E-state index in [-0.39, 0.29) is 6.61 Å². The van der Waals surface area contributed by atoms with Crippen LogP contribution in [0, 0.1) is 19.8 Å². The highest BCUT2D eigenvalue weighted by atomic mass is 35.5. The highest BCUT2D eigenvalue weighted by Gasteiger charge is 2.18. The van der Waals surface area contributed by atoms with Gasteiger partial charge in [0.25, 0.3) is 0 Å². The number of aryl methyl sites for hydroxylation is 1. The number of fused-ring (bicyclic) bond motifs is 3. The molecule has 29 heavy (non-hydrogen) atoms. The maximum Gasteiger partial charge on any atom is 0.192 e. The fraction of sp³-hybridized carbons (Fsp3) is 0.333. The predicted molar refractivity (Wildman–Crippen MR) is 114 cm³/mol. The van der Waals surface area contributed by atoms with Gasteiger partial charge in [-0.1, -0.05) is 48.8 Å². The molecule has 0 bridgehead atoms. The minimum Gasteiger partial charge on any atom is -0.387 e. The molecule has 150 valence electrons. The van der Waals surface area contributed by atoms with Crippen molar-refractivity contribution in [3.05, 3.63) is 58.3 Å². The molecule has 0 saturated carbocycles. The van der Waals surface area contributed by atoms with Crippen LogP contribution >= 0.6 is 11.6 Å². The van der Waals surface area contributed by atoms with Gasteiger partial charge in [-0.3, -0.25) is 0 Å². The van der Waals surface area contributed by atoms with Crippen LogP contribution in [0.15, 0.2) is 35.7 Å². The molecule has 0 atom stereocenters. The van der Waals surface area contributed by atoms with E-state index in [9.17, 15) is 0 Å². The molecule has 0 aliphatic rings. The maximum atomic E-state index is 6.11. The first-order valence-electron chi connectivity index (χ1n) is 9.55. The van der Waals surface area contributed by atoms with E-state index in [0.29, 0.717) is 16.8 Å². The van der Waals surface area contributed by atoms with E-state index in [4.69, 9.17) is 16.4 Å². The van der Waals surface area contributed by atoms with Crippen molar-refractivity contribution in [1.82, 2.24) is 24.1 Å². The summed E-state index contributed by atoms with van der Waals surface area (Å²) < 4.78 is 3.96. The molecule has 0 amide bonds. The van der Waals surface area contributed by atoms with Crippen molar-refractivity contribution < 1.29 is 4.84 Å². The molecule has 0 N–H and O–H groups in total. The fourth-order valence-electron chi connectivity index (χ4n) is 3.39. The number of oxime groups is 1. The summed E-state index contributed by atoms with van der Waals surface area (Å²) in [6.07, 6.45) is 3.29. The lowest BCUT2D eigenvalue weighted by Crippen LogP contribution is -2.07. The first-order chi connectivity index (χ1) is 14.0. The SMILES string of the molecule is Cc1c(C)n(CC(C)C)c2ncn3nc(CON=Cc4ccccc4Cl)nc3c12. The second kappa shape index (κ2) is 7.83. The van der Waals surface area contributed by atoms with Crippen molar-refractivity contribution in [2.75, 3.05) is 0 Å². The van der Waals surface area contributed by atoms with Crippen LogP contribution in [0.25, 0.3) is 16.7 Å². The van der Waals surface area contributed by atoms with Gasteiger partial charge < -0.3 is 9.40 Å². The third kappa shape index (κ3) is 3.70. The highest BCUT2D eigenvalue weighted by molar-refractivity contribution is 6.33. The van der Waals surface area contributed by atoms with Gasteiger partial charge in [-0.25, -0.2) is 14.5 Å². The molecule has 0 aliphatic heterocycles. The van der Waals surface area contributed by atoms with E-state index in [2.05, 4.69) is 52.5 Å². The van der Waals surface area contributed by atoms with E-state index in [0.717, 1.165) is 28.8 Å². The number of hydrogen-bond donors (Lipinski definition) is 0. The van der Waals surface area contributed by atoms with Crippen LogP contribution in [0.3, 0.4) is 0 Å². The number of nitrogens with zero attached hydrogens (tertiary/aromatic N) is 6. The molecular formula is C21H23ClN6O. The van der Waals surface area contributed by atoms with Crippen molar-refractivity contribution in [3.8, 4) is 0 Å². The molecule has 0 unspecified atom stereocenters. The molecule has 3 aromatic heterocycles.